The molecule has 0 aliphatic rings. The molecular formula is C11H13ClN2O3S. The van der Waals surface area contributed by atoms with Gasteiger partial charge in [-0.25, -0.2) is 0 Å². The molecule has 0 heterocycles. The lowest BCUT2D eigenvalue weighted by molar-refractivity contribution is -0.137. The SMILES string of the molecule is COC(=O)CSCC(=O)Nc1ccc(N)cc1Cl. The van der Waals surface area contributed by atoms with Gasteiger partial charge in [0.15, 0.2) is 0 Å². The van der Waals surface area contributed by atoms with Crippen molar-refractivity contribution < 1.29 is 14.3 Å². The van der Waals surface area contributed by atoms with Crippen LogP contribution in [0.15, 0.2) is 18.2 Å². The van der Waals surface area contributed by atoms with Gasteiger partial charge in [0, 0.05) is 5.69 Å². The van der Waals surface area contributed by atoms with Gasteiger partial charge in [0.1, 0.15) is 0 Å². The topological polar surface area (TPSA) is 81.4 Å². The molecule has 0 unspecified atom stereocenters. The van der Waals surface area contributed by atoms with E-state index in [1.165, 1.54) is 18.9 Å². The number of ether oxygens (including phenoxy) is 1. The summed E-state index contributed by atoms with van der Waals surface area (Å²) >= 11 is 7.07. The molecule has 1 amide bonds. The van der Waals surface area contributed by atoms with Gasteiger partial charge in [-0.05, 0) is 18.2 Å². The van der Waals surface area contributed by atoms with Crippen molar-refractivity contribution in [2.24, 2.45) is 0 Å². The number of nitrogens with one attached hydrogen (secondary N) is 1. The molecule has 0 bridgehead atoms. The highest BCUT2D eigenvalue weighted by Gasteiger charge is 2.08. The number of thioether (sulfide) groups is 1. The summed E-state index contributed by atoms with van der Waals surface area (Å²) in [6.07, 6.45) is 0. The van der Waals surface area contributed by atoms with Crippen LogP contribution in [-0.2, 0) is 14.3 Å². The second-order valence-electron chi connectivity index (χ2n) is 3.36. The van der Waals surface area contributed by atoms with E-state index < -0.39 is 0 Å². The summed E-state index contributed by atoms with van der Waals surface area (Å²) in [6, 6.07) is 4.82. The van der Waals surface area contributed by atoms with Crippen LogP contribution in [0.5, 0.6) is 0 Å². The van der Waals surface area contributed by atoms with Crippen molar-refractivity contribution in [1.82, 2.24) is 0 Å². The molecule has 1 aromatic carbocycles. The third kappa shape index (κ3) is 4.85. The van der Waals surface area contributed by atoms with Crippen LogP contribution >= 0.6 is 23.4 Å². The molecule has 1 rings (SSSR count). The summed E-state index contributed by atoms with van der Waals surface area (Å²) in [6.45, 7) is 0. The van der Waals surface area contributed by atoms with E-state index in [0.29, 0.717) is 16.4 Å². The molecule has 0 aliphatic heterocycles. The van der Waals surface area contributed by atoms with E-state index in [1.54, 1.807) is 18.2 Å². The third-order valence-electron chi connectivity index (χ3n) is 1.95. The smallest absolute Gasteiger partial charge is 0.315 e. The highest BCUT2D eigenvalue weighted by Crippen LogP contribution is 2.24. The number of carbonyl (C=O) groups is 2. The molecule has 0 saturated carbocycles. The minimum Gasteiger partial charge on any atom is -0.468 e. The van der Waals surface area contributed by atoms with Crippen LogP contribution in [0.4, 0.5) is 11.4 Å². The fraction of sp³-hybridized carbons (Fsp3) is 0.273. The molecule has 0 atom stereocenters. The minimum absolute atomic E-state index is 0.138. The maximum absolute atomic E-state index is 11.5. The van der Waals surface area contributed by atoms with Gasteiger partial charge in [-0.15, -0.1) is 11.8 Å². The van der Waals surface area contributed by atoms with Gasteiger partial charge in [-0.1, -0.05) is 11.6 Å². The summed E-state index contributed by atoms with van der Waals surface area (Å²) < 4.78 is 4.46. The van der Waals surface area contributed by atoms with Crippen molar-refractivity contribution in [3.8, 4) is 0 Å². The summed E-state index contributed by atoms with van der Waals surface area (Å²) in [7, 11) is 1.30. The Morgan fingerprint density at radius 1 is 1.44 bits per heavy atom. The lowest BCUT2D eigenvalue weighted by atomic mass is 10.3. The number of nitrogens with two attached hydrogens (primary N) is 1. The summed E-state index contributed by atoms with van der Waals surface area (Å²) in [5, 5.41) is 3.01. The Hall–Kier alpha value is -1.40. The molecule has 7 heteroatoms. The molecule has 0 radical (unpaired) electrons. The fourth-order valence-corrected chi connectivity index (χ4v) is 1.99. The van der Waals surface area contributed by atoms with Crippen molar-refractivity contribution in [2.75, 3.05) is 29.7 Å². The van der Waals surface area contributed by atoms with Crippen molar-refractivity contribution in [2.45, 2.75) is 0 Å². The number of anilines is 2. The highest BCUT2D eigenvalue weighted by molar-refractivity contribution is 8.00. The number of carbonyl (C=O) groups excluding carboxylic acids is 2. The number of hydrogen-bond donors (Lipinski definition) is 2. The van der Waals surface area contributed by atoms with Crippen LogP contribution in [-0.4, -0.2) is 30.5 Å². The van der Waals surface area contributed by atoms with E-state index in [0.717, 1.165) is 0 Å². The van der Waals surface area contributed by atoms with Crippen LogP contribution in [0.3, 0.4) is 0 Å². The summed E-state index contributed by atoms with van der Waals surface area (Å²) in [5.41, 5.74) is 6.56. The van der Waals surface area contributed by atoms with Crippen molar-refractivity contribution >= 4 is 46.6 Å². The molecule has 0 saturated heterocycles. The third-order valence-corrected chi connectivity index (χ3v) is 3.17. The van der Waals surface area contributed by atoms with Crippen LogP contribution in [0.1, 0.15) is 0 Å². The molecular weight excluding hydrogens is 276 g/mol. The summed E-state index contributed by atoms with van der Waals surface area (Å²) in [4.78, 5) is 22.4. The predicted molar refractivity (Wildman–Crippen MR) is 73.8 cm³/mol. The number of amides is 1. The van der Waals surface area contributed by atoms with E-state index in [2.05, 4.69) is 10.1 Å². The number of halogens is 1. The Balaban J connectivity index is 2.42. The second kappa shape index (κ2) is 7.13. The van der Waals surface area contributed by atoms with Crippen LogP contribution in [0.25, 0.3) is 0 Å². The normalized spacial score (nSPS) is 9.89. The number of hydrogen-bond acceptors (Lipinski definition) is 5. The van der Waals surface area contributed by atoms with Gasteiger partial charge in [0.25, 0.3) is 0 Å². The Morgan fingerprint density at radius 2 is 2.17 bits per heavy atom. The Bertz CT molecular complexity index is 454. The van der Waals surface area contributed by atoms with Gasteiger partial charge in [0.2, 0.25) is 5.91 Å². The number of nitrogen functional groups attached to an aromatic ring is 1. The lowest BCUT2D eigenvalue weighted by Gasteiger charge is -2.07. The first-order valence-electron chi connectivity index (χ1n) is 5.02. The molecule has 18 heavy (non-hydrogen) atoms. The quantitative estimate of drug-likeness (QED) is 0.637. The van der Waals surface area contributed by atoms with Crippen LogP contribution in [0.2, 0.25) is 5.02 Å². The number of rotatable bonds is 5. The van der Waals surface area contributed by atoms with E-state index >= 15 is 0 Å². The first-order chi connectivity index (χ1) is 8.52. The lowest BCUT2D eigenvalue weighted by Crippen LogP contribution is -2.16. The van der Waals surface area contributed by atoms with E-state index in [9.17, 15) is 9.59 Å². The zero-order chi connectivity index (χ0) is 13.5. The van der Waals surface area contributed by atoms with Gasteiger partial charge in [-0.3, -0.25) is 9.59 Å². The summed E-state index contributed by atoms with van der Waals surface area (Å²) in [5.74, 6) is -0.316. The van der Waals surface area contributed by atoms with Crippen LogP contribution in [0, 0.1) is 0 Å². The van der Waals surface area contributed by atoms with Gasteiger partial charge in [0.05, 0.1) is 29.3 Å². The average Bonchev–Trinajstić information content (AvgIpc) is 2.32. The Labute approximate surface area is 114 Å². The molecule has 5 nitrogen and oxygen atoms in total. The molecule has 0 aliphatic carbocycles. The van der Waals surface area contributed by atoms with E-state index in [4.69, 9.17) is 17.3 Å². The minimum atomic E-state index is -0.363. The molecule has 0 aromatic heterocycles. The largest absolute Gasteiger partial charge is 0.468 e. The fourth-order valence-electron chi connectivity index (χ4n) is 1.11. The molecule has 1 aromatic rings. The maximum atomic E-state index is 11.5. The number of esters is 1. The molecule has 98 valence electrons. The zero-order valence-electron chi connectivity index (χ0n) is 9.73. The molecule has 0 spiro atoms. The van der Waals surface area contributed by atoms with Gasteiger partial charge in [-0.2, -0.15) is 0 Å². The van der Waals surface area contributed by atoms with Gasteiger partial charge >= 0.3 is 5.97 Å². The van der Waals surface area contributed by atoms with Crippen LogP contribution < -0.4 is 11.1 Å². The van der Waals surface area contributed by atoms with E-state index in [1.807, 2.05) is 0 Å². The Kier molecular flexibility index (Phi) is 5.80. The first-order valence-corrected chi connectivity index (χ1v) is 6.55. The predicted octanol–water partition coefficient (Wildman–Crippen LogP) is 1.77. The second-order valence-corrected chi connectivity index (χ2v) is 4.75. The monoisotopic (exact) mass is 288 g/mol. The number of methoxy groups -OCH3 is 1. The molecule has 3 N–H and O–H groups in total. The zero-order valence-corrected chi connectivity index (χ0v) is 11.3. The van der Waals surface area contributed by atoms with Crippen molar-refractivity contribution in [3.63, 3.8) is 0 Å². The molecule has 0 fully saturated rings. The first kappa shape index (κ1) is 14.7. The maximum Gasteiger partial charge on any atom is 0.315 e. The highest BCUT2D eigenvalue weighted by atomic mass is 35.5. The average molecular weight is 289 g/mol. The number of benzene rings is 1. The van der Waals surface area contributed by atoms with Crippen molar-refractivity contribution in [3.05, 3.63) is 23.2 Å². The van der Waals surface area contributed by atoms with Crippen molar-refractivity contribution in [1.29, 1.82) is 0 Å². The van der Waals surface area contributed by atoms with E-state index in [-0.39, 0.29) is 23.4 Å². The van der Waals surface area contributed by atoms with Gasteiger partial charge < -0.3 is 15.8 Å². The standard InChI is InChI=1S/C11H13ClN2O3S/c1-17-11(16)6-18-5-10(15)14-9-3-2-7(13)4-8(9)12/h2-4H,5-6,13H2,1H3,(H,14,15). The Morgan fingerprint density at radius 3 is 2.78 bits per heavy atom.